The predicted molar refractivity (Wildman–Crippen MR) is 155 cm³/mol. The quantitative estimate of drug-likeness (QED) is 0.348. The number of nitrogens with one attached hydrogen (secondary N) is 1. The summed E-state index contributed by atoms with van der Waals surface area (Å²) in [5.41, 5.74) is 0.878. The molecule has 0 spiro atoms. The molecule has 10 heteroatoms. The van der Waals surface area contributed by atoms with Crippen LogP contribution in [0.3, 0.4) is 0 Å². The van der Waals surface area contributed by atoms with Crippen LogP contribution in [0.1, 0.15) is 44.6 Å². The molecule has 1 saturated carbocycles. The van der Waals surface area contributed by atoms with Gasteiger partial charge < -0.3 is 15.0 Å². The molecule has 0 bridgehead atoms. The van der Waals surface area contributed by atoms with E-state index in [0.717, 1.165) is 36.4 Å². The third kappa shape index (κ3) is 7.64. The van der Waals surface area contributed by atoms with Crippen LogP contribution in [0.5, 0.6) is 5.75 Å². The molecule has 1 fully saturated rings. The van der Waals surface area contributed by atoms with Gasteiger partial charge in [-0.1, -0.05) is 49.6 Å². The number of carbonyl (C=O) groups excluding carboxylic acids is 2. The van der Waals surface area contributed by atoms with E-state index in [1.165, 1.54) is 36.3 Å². The molecular formula is C31H36FN3O5S. The number of sulfonamides is 1. The maximum atomic E-state index is 14.0. The minimum absolute atomic E-state index is 0.000202. The molecule has 41 heavy (non-hydrogen) atoms. The highest BCUT2D eigenvalue weighted by atomic mass is 32.2. The number of carbonyl (C=O) groups is 2. The zero-order valence-electron chi connectivity index (χ0n) is 23.3. The number of nitrogens with zero attached hydrogens (tertiary/aromatic N) is 2. The molecule has 1 atom stereocenters. The fourth-order valence-electron chi connectivity index (χ4n) is 4.93. The molecule has 1 aliphatic carbocycles. The first-order valence-electron chi connectivity index (χ1n) is 13.7. The molecule has 0 saturated heterocycles. The summed E-state index contributed by atoms with van der Waals surface area (Å²) in [6.45, 7) is 1.08. The van der Waals surface area contributed by atoms with Crippen LogP contribution in [0, 0.1) is 5.82 Å². The van der Waals surface area contributed by atoms with Gasteiger partial charge in [0.25, 0.3) is 10.0 Å². The van der Waals surface area contributed by atoms with Crippen molar-refractivity contribution < 1.29 is 27.1 Å². The number of hydrogen-bond donors (Lipinski definition) is 1. The molecule has 3 aromatic carbocycles. The Bertz CT molecular complexity index is 1410. The van der Waals surface area contributed by atoms with Crippen LogP contribution in [0.25, 0.3) is 0 Å². The fourth-order valence-corrected chi connectivity index (χ4v) is 6.37. The van der Waals surface area contributed by atoms with Gasteiger partial charge in [-0.25, -0.2) is 12.8 Å². The molecule has 0 radical (unpaired) electrons. The normalized spacial score (nSPS) is 14.6. The molecule has 2 amide bonds. The van der Waals surface area contributed by atoms with Crippen molar-refractivity contribution in [2.75, 3.05) is 18.0 Å². The average Bonchev–Trinajstić information content (AvgIpc) is 3.00. The maximum absolute atomic E-state index is 14.0. The largest absolute Gasteiger partial charge is 0.497 e. The second kappa shape index (κ2) is 13.6. The van der Waals surface area contributed by atoms with E-state index < -0.39 is 34.3 Å². The molecule has 4 rings (SSSR count). The van der Waals surface area contributed by atoms with Gasteiger partial charge in [-0.15, -0.1) is 0 Å². The first-order valence-corrected chi connectivity index (χ1v) is 15.2. The van der Waals surface area contributed by atoms with Gasteiger partial charge in [-0.05, 0) is 73.9 Å². The van der Waals surface area contributed by atoms with Gasteiger partial charge in [0, 0.05) is 12.6 Å². The second-order valence-corrected chi connectivity index (χ2v) is 12.1. The van der Waals surface area contributed by atoms with E-state index in [2.05, 4.69) is 5.32 Å². The Hall–Kier alpha value is -3.92. The third-order valence-corrected chi connectivity index (χ3v) is 9.14. The summed E-state index contributed by atoms with van der Waals surface area (Å²) in [6, 6.07) is 19.0. The van der Waals surface area contributed by atoms with Crippen molar-refractivity contribution in [2.24, 2.45) is 0 Å². The van der Waals surface area contributed by atoms with E-state index in [0.29, 0.717) is 11.3 Å². The summed E-state index contributed by atoms with van der Waals surface area (Å²) < 4.78 is 47.5. The molecule has 1 N–H and O–H groups in total. The number of benzene rings is 3. The summed E-state index contributed by atoms with van der Waals surface area (Å²) in [5, 5.41) is 3.06. The zero-order valence-corrected chi connectivity index (χ0v) is 24.1. The summed E-state index contributed by atoms with van der Waals surface area (Å²) >= 11 is 0. The Kier molecular flexibility index (Phi) is 9.99. The lowest BCUT2D eigenvalue weighted by Crippen LogP contribution is -2.53. The summed E-state index contributed by atoms with van der Waals surface area (Å²) in [7, 11) is -2.65. The van der Waals surface area contributed by atoms with Crippen LogP contribution in [0.2, 0.25) is 0 Å². The Labute approximate surface area is 241 Å². The maximum Gasteiger partial charge on any atom is 0.264 e. The molecule has 0 aliphatic heterocycles. The zero-order chi connectivity index (χ0) is 29.4. The van der Waals surface area contributed by atoms with Gasteiger partial charge in [0.1, 0.15) is 24.2 Å². The Morgan fingerprint density at radius 1 is 0.951 bits per heavy atom. The molecule has 8 nitrogen and oxygen atoms in total. The van der Waals surface area contributed by atoms with Gasteiger partial charge in [-0.2, -0.15) is 0 Å². The number of anilines is 1. The van der Waals surface area contributed by atoms with Crippen LogP contribution in [-0.2, 0) is 26.2 Å². The van der Waals surface area contributed by atoms with Gasteiger partial charge in [0.15, 0.2) is 0 Å². The van der Waals surface area contributed by atoms with Crippen molar-refractivity contribution in [3.05, 3.63) is 90.2 Å². The van der Waals surface area contributed by atoms with Crippen LogP contribution < -0.4 is 14.4 Å². The summed E-state index contributed by atoms with van der Waals surface area (Å²) in [6.07, 6.45) is 4.96. The SMILES string of the molecule is COc1ccc(N(CC(=O)N(Cc2ccc(F)cc2)[C@H](C)C(=O)NC2CCCCC2)S(=O)(=O)c2ccccc2)cc1. The van der Waals surface area contributed by atoms with Crippen molar-refractivity contribution in [3.63, 3.8) is 0 Å². The van der Waals surface area contributed by atoms with Gasteiger partial charge in [0.2, 0.25) is 11.8 Å². The minimum atomic E-state index is -4.15. The number of rotatable bonds is 11. The Morgan fingerprint density at radius 3 is 2.20 bits per heavy atom. The van der Waals surface area contributed by atoms with Crippen molar-refractivity contribution in [1.29, 1.82) is 0 Å². The van der Waals surface area contributed by atoms with Crippen LogP contribution in [-0.4, -0.2) is 50.9 Å². The van der Waals surface area contributed by atoms with Gasteiger partial charge in [-0.3, -0.25) is 13.9 Å². The van der Waals surface area contributed by atoms with Crippen molar-refractivity contribution in [2.45, 2.75) is 62.6 Å². The molecule has 218 valence electrons. The first-order chi connectivity index (χ1) is 19.7. The molecule has 0 unspecified atom stereocenters. The fraction of sp³-hybridized carbons (Fsp3) is 0.355. The summed E-state index contributed by atoms with van der Waals surface area (Å²) in [5.74, 6) is -0.775. The Morgan fingerprint density at radius 2 is 1.59 bits per heavy atom. The van der Waals surface area contributed by atoms with Crippen LogP contribution in [0.15, 0.2) is 83.8 Å². The molecule has 1 aliphatic rings. The molecule has 0 aromatic heterocycles. The smallest absolute Gasteiger partial charge is 0.264 e. The standard InChI is InChI=1S/C31H36FN3O5S/c1-23(31(37)33-26-9-5-3-6-10-26)34(21-24-13-15-25(32)16-14-24)30(36)22-35(27-17-19-28(40-2)20-18-27)41(38,39)29-11-7-4-8-12-29/h4,7-8,11-20,23,26H,3,5-6,9-10,21-22H2,1-2H3,(H,33,37)/t23-/m1/s1. The third-order valence-electron chi connectivity index (χ3n) is 7.36. The summed E-state index contributed by atoms with van der Waals surface area (Å²) in [4.78, 5) is 28.7. The van der Waals surface area contributed by atoms with E-state index >= 15 is 0 Å². The van der Waals surface area contributed by atoms with Gasteiger partial charge in [0.05, 0.1) is 17.7 Å². The number of hydrogen-bond acceptors (Lipinski definition) is 5. The monoisotopic (exact) mass is 581 g/mol. The average molecular weight is 582 g/mol. The molecule has 3 aromatic rings. The first kappa shape index (κ1) is 30.0. The van der Waals surface area contributed by atoms with Crippen LogP contribution >= 0.6 is 0 Å². The number of amides is 2. The van der Waals surface area contributed by atoms with Crippen molar-refractivity contribution in [1.82, 2.24) is 10.2 Å². The predicted octanol–water partition coefficient (Wildman–Crippen LogP) is 4.90. The van der Waals surface area contributed by atoms with E-state index in [4.69, 9.17) is 4.74 Å². The second-order valence-electron chi connectivity index (χ2n) is 10.2. The van der Waals surface area contributed by atoms with E-state index in [1.54, 1.807) is 61.5 Å². The van der Waals surface area contributed by atoms with Crippen molar-refractivity contribution >= 4 is 27.5 Å². The number of ether oxygens (including phenoxy) is 1. The van der Waals surface area contributed by atoms with Crippen LogP contribution in [0.4, 0.5) is 10.1 Å². The molecular weight excluding hydrogens is 545 g/mol. The topological polar surface area (TPSA) is 96.0 Å². The Balaban J connectivity index is 1.66. The highest BCUT2D eigenvalue weighted by Gasteiger charge is 2.33. The molecule has 0 heterocycles. The van der Waals surface area contributed by atoms with E-state index in [1.807, 2.05) is 0 Å². The lowest BCUT2D eigenvalue weighted by molar-refractivity contribution is -0.139. The lowest BCUT2D eigenvalue weighted by Gasteiger charge is -2.33. The number of methoxy groups -OCH3 is 1. The highest BCUT2D eigenvalue weighted by Crippen LogP contribution is 2.26. The van der Waals surface area contributed by atoms with E-state index in [-0.39, 0.29) is 29.1 Å². The van der Waals surface area contributed by atoms with Gasteiger partial charge >= 0.3 is 0 Å². The minimum Gasteiger partial charge on any atom is -0.497 e. The number of halogens is 1. The lowest BCUT2D eigenvalue weighted by atomic mass is 9.95. The van der Waals surface area contributed by atoms with E-state index in [9.17, 15) is 22.4 Å². The highest BCUT2D eigenvalue weighted by molar-refractivity contribution is 7.92. The van der Waals surface area contributed by atoms with Crippen molar-refractivity contribution in [3.8, 4) is 5.75 Å².